The Labute approximate surface area is 99.7 Å². The number of aryl methyl sites for hydroxylation is 1. The summed E-state index contributed by atoms with van der Waals surface area (Å²) in [7, 11) is 0. The predicted molar refractivity (Wildman–Crippen MR) is 67.8 cm³/mol. The smallest absolute Gasteiger partial charge is 0.0693 e. The summed E-state index contributed by atoms with van der Waals surface area (Å²) in [5.74, 6) is 0. The van der Waals surface area contributed by atoms with Gasteiger partial charge in [-0.3, -0.25) is 4.98 Å². The summed E-state index contributed by atoms with van der Waals surface area (Å²) in [5.41, 5.74) is 4.71. The zero-order chi connectivity index (χ0) is 11.7. The summed E-state index contributed by atoms with van der Waals surface area (Å²) in [4.78, 5) is 4.13. The van der Waals surface area contributed by atoms with Gasteiger partial charge in [0, 0.05) is 29.7 Å². The average molecular weight is 223 g/mol. The van der Waals surface area contributed by atoms with E-state index in [0.717, 1.165) is 17.5 Å². The standard InChI is InChI=1S/C14H13N3/c1-2-11-9-16-17-10-13(5-6-14(11)17)12-4-3-7-15-8-12/h3-10H,2H2,1H3. The van der Waals surface area contributed by atoms with Crippen molar-refractivity contribution in [1.29, 1.82) is 0 Å². The molecule has 3 heterocycles. The fourth-order valence-electron chi connectivity index (χ4n) is 2.01. The minimum absolute atomic E-state index is 1.01. The van der Waals surface area contributed by atoms with Gasteiger partial charge in [0.15, 0.2) is 0 Å². The normalized spacial score (nSPS) is 10.9. The van der Waals surface area contributed by atoms with Gasteiger partial charge in [0.25, 0.3) is 0 Å². The first-order chi connectivity index (χ1) is 8.38. The van der Waals surface area contributed by atoms with Gasteiger partial charge in [0.2, 0.25) is 0 Å². The highest BCUT2D eigenvalue weighted by atomic mass is 15.2. The van der Waals surface area contributed by atoms with Crippen LogP contribution in [0.2, 0.25) is 0 Å². The Bertz CT molecular complexity index is 641. The Morgan fingerprint density at radius 1 is 1.12 bits per heavy atom. The molecule has 0 radical (unpaired) electrons. The molecule has 3 aromatic heterocycles. The van der Waals surface area contributed by atoms with Crippen molar-refractivity contribution in [3.63, 3.8) is 0 Å². The van der Waals surface area contributed by atoms with Gasteiger partial charge < -0.3 is 0 Å². The summed E-state index contributed by atoms with van der Waals surface area (Å²) in [6, 6.07) is 8.24. The van der Waals surface area contributed by atoms with Gasteiger partial charge in [0.1, 0.15) is 0 Å². The number of hydrogen-bond acceptors (Lipinski definition) is 2. The minimum atomic E-state index is 1.01. The number of pyridine rings is 2. The molecule has 3 rings (SSSR count). The fourth-order valence-corrected chi connectivity index (χ4v) is 2.01. The van der Waals surface area contributed by atoms with Crippen molar-refractivity contribution in [2.45, 2.75) is 13.3 Å². The lowest BCUT2D eigenvalue weighted by atomic mass is 10.1. The van der Waals surface area contributed by atoms with E-state index in [1.165, 1.54) is 11.1 Å². The first-order valence-corrected chi connectivity index (χ1v) is 5.75. The summed E-state index contributed by atoms with van der Waals surface area (Å²) in [6.07, 6.45) is 8.64. The molecule has 0 aliphatic heterocycles. The summed E-state index contributed by atoms with van der Waals surface area (Å²) in [6.45, 7) is 2.14. The zero-order valence-corrected chi connectivity index (χ0v) is 9.67. The van der Waals surface area contributed by atoms with Gasteiger partial charge in [-0.25, -0.2) is 4.52 Å². The monoisotopic (exact) mass is 223 g/mol. The first kappa shape index (κ1) is 10.0. The number of aromatic nitrogens is 3. The van der Waals surface area contributed by atoms with Crippen LogP contribution in [0.25, 0.3) is 16.6 Å². The predicted octanol–water partition coefficient (Wildman–Crippen LogP) is 2.96. The molecule has 0 aliphatic carbocycles. The van der Waals surface area contributed by atoms with Crippen molar-refractivity contribution in [3.05, 3.63) is 54.6 Å². The van der Waals surface area contributed by atoms with Crippen LogP contribution in [0.4, 0.5) is 0 Å². The third-order valence-electron chi connectivity index (χ3n) is 2.97. The topological polar surface area (TPSA) is 30.2 Å². The van der Waals surface area contributed by atoms with Crippen molar-refractivity contribution in [2.75, 3.05) is 0 Å². The molecule has 0 N–H and O–H groups in total. The van der Waals surface area contributed by atoms with E-state index in [0.29, 0.717) is 0 Å². The summed E-state index contributed by atoms with van der Waals surface area (Å²) < 4.78 is 1.93. The summed E-state index contributed by atoms with van der Waals surface area (Å²) >= 11 is 0. The molecule has 0 aromatic carbocycles. The summed E-state index contributed by atoms with van der Waals surface area (Å²) in [5, 5.41) is 4.37. The van der Waals surface area contributed by atoms with E-state index < -0.39 is 0 Å². The van der Waals surface area contributed by atoms with Crippen LogP contribution in [0, 0.1) is 0 Å². The second-order valence-corrected chi connectivity index (χ2v) is 4.01. The van der Waals surface area contributed by atoms with Crippen LogP contribution < -0.4 is 0 Å². The van der Waals surface area contributed by atoms with Gasteiger partial charge in [-0.2, -0.15) is 5.10 Å². The Kier molecular flexibility index (Phi) is 2.37. The van der Waals surface area contributed by atoms with Crippen LogP contribution >= 0.6 is 0 Å². The quantitative estimate of drug-likeness (QED) is 0.668. The maximum absolute atomic E-state index is 4.37. The van der Waals surface area contributed by atoms with E-state index in [4.69, 9.17) is 0 Å². The van der Waals surface area contributed by atoms with Crippen LogP contribution in [0.5, 0.6) is 0 Å². The number of hydrogen-bond donors (Lipinski definition) is 0. The number of nitrogens with zero attached hydrogens (tertiary/aromatic N) is 3. The van der Waals surface area contributed by atoms with E-state index in [1.54, 1.807) is 6.20 Å². The number of fused-ring (bicyclic) bond motifs is 1. The van der Waals surface area contributed by atoms with Gasteiger partial charge in [-0.05, 0) is 24.1 Å². The largest absolute Gasteiger partial charge is 0.264 e. The van der Waals surface area contributed by atoms with E-state index in [2.05, 4.69) is 35.2 Å². The van der Waals surface area contributed by atoms with Gasteiger partial charge >= 0.3 is 0 Å². The van der Waals surface area contributed by atoms with Crippen molar-refractivity contribution >= 4 is 5.52 Å². The number of rotatable bonds is 2. The molecule has 0 atom stereocenters. The molecule has 0 spiro atoms. The minimum Gasteiger partial charge on any atom is -0.264 e. The second kappa shape index (κ2) is 4.01. The van der Waals surface area contributed by atoms with Gasteiger partial charge in [0.05, 0.1) is 11.7 Å². The zero-order valence-electron chi connectivity index (χ0n) is 9.67. The third-order valence-corrected chi connectivity index (χ3v) is 2.97. The lowest BCUT2D eigenvalue weighted by Gasteiger charge is -2.02. The van der Waals surface area contributed by atoms with Crippen LogP contribution in [-0.2, 0) is 6.42 Å². The molecule has 3 heteroatoms. The lowest BCUT2D eigenvalue weighted by Crippen LogP contribution is -1.89. The molecule has 0 amide bonds. The van der Waals surface area contributed by atoms with Crippen LogP contribution in [0.15, 0.2) is 49.1 Å². The first-order valence-electron chi connectivity index (χ1n) is 5.75. The van der Waals surface area contributed by atoms with E-state index in [-0.39, 0.29) is 0 Å². The maximum atomic E-state index is 4.37. The maximum Gasteiger partial charge on any atom is 0.0693 e. The Morgan fingerprint density at radius 2 is 2.06 bits per heavy atom. The van der Waals surface area contributed by atoms with E-state index in [9.17, 15) is 0 Å². The molecule has 3 aromatic rings. The Morgan fingerprint density at radius 3 is 2.82 bits per heavy atom. The van der Waals surface area contributed by atoms with Crippen molar-refractivity contribution in [2.24, 2.45) is 0 Å². The molecule has 0 saturated heterocycles. The van der Waals surface area contributed by atoms with Crippen molar-refractivity contribution in [3.8, 4) is 11.1 Å². The Balaban J connectivity index is 2.15. The molecular weight excluding hydrogens is 210 g/mol. The van der Waals surface area contributed by atoms with Crippen LogP contribution in [0.1, 0.15) is 12.5 Å². The molecule has 3 nitrogen and oxygen atoms in total. The molecule has 0 aliphatic rings. The Hall–Kier alpha value is -2.16. The molecular formula is C14H13N3. The molecule has 0 unspecified atom stereocenters. The average Bonchev–Trinajstić information content (AvgIpc) is 2.81. The molecule has 0 fully saturated rings. The van der Waals surface area contributed by atoms with Gasteiger partial charge in [-0.1, -0.05) is 19.1 Å². The highest BCUT2D eigenvalue weighted by molar-refractivity contribution is 5.65. The highest BCUT2D eigenvalue weighted by Crippen LogP contribution is 2.20. The van der Waals surface area contributed by atoms with Crippen molar-refractivity contribution < 1.29 is 0 Å². The second-order valence-electron chi connectivity index (χ2n) is 4.01. The van der Waals surface area contributed by atoms with Crippen LogP contribution in [0.3, 0.4) is 0 Å². The molecule has 84 valence electrons. The third kappa shape index (κ3) is 1.69. The van der Waals surface area contributed by atoms with Crippen molar-refractivity contribution in [1.82, 2.24) is 14.6 Å². The van der Waals surface area contributed by atoms with Gasteiger partial charge in [-0.15, -0.1) is 0 Å². The lowest BCUT2D eigenvalue weighted by molar-refractivity contribution is 0.962. The van der Waals surface area contributed by atoms with E-state index in [1.807, 2.05) is 29.2 Å². The molecule has 17 heavy (non-hydrogen) atoms. The SMILES string of the molecule is CCc1cnn2cc(-c3cccnc3)ccc12. The van der Waals surface area contributed by atoms with Crippen LogP contribution in [-0.4, -0.2) is 14.6 Å². The van der Waals surface area contributed by atoms with E-state index >= 15 is 0 Å². The fraction of sp³-hybridized carbons (Fsp3) is 0.143. The highest BCUT2D eigenvalue weighted by Gasteiger charge is 2.03. The molecule has 0 saturated carbocycles. The molecule has 0 bridgehead atoms.